The maximum Gasteiger partial charge on any atom is 0.126 e. The van der Waals surface area contributed by atoms with Crippen LogP contribution in [0.3, 0.4) is 0 Å². The van der Waals surface area contributed by atoms with Gasteiger partial charge in [-0.1, -0.05) is 6.07 Å². The summed E-state index contributed by atoms with van der Waals surface area (Å²) in [5.74, 6) is 0.943. The number of anilines is 1. The maximum atomic E-state index is 5.97. The Hall–Kier alpha value is -1.09. The van der Waals surface area contributed by atoms with Gasteiger partial charge in [0, 0.05) is 18.3 Å². The fourth-order valence-corrected chi connectivity index (χ4v) is 1.91. The molecule has 0 aromatic carbocycles. The van der Waals surface area contributed by atoms with Gasteiger partial charge in [-0.3, -0.25) is 0 Å². The molecule has 76 valence electrons. The van der Waals surface area contributed by atoms with Crippen molar-refractivity contribution in [3.05, 3.63) is 23.9 Å². The molecular formula is C11H17N3. The second-order valence-electron chi connectivity index (χ2n) is 4.07. The minimum absolute atomic E-state index is 0.290. The predicted octanol–water partition coefficient (Wildman–Crippen LogP) is 1.68. The van der Waals surface area contributed by atoms with E-state index in [4.69, 9.17) is 5.73 Å². The van der Waals surface area contributed by atoms with Crippen molar-refractivity contribution in [1.29, 1.82) is 0 Å². The second kappa shape index (κ2) is 3.96. The van der Waals surface area contributed by atoms with Crippen molar-refractivity contribution < 1.29 is 0 Å². The van der Waals surface area contributed by atoms with E-state index in [2.05, 4.69) is 16.4 Å². The van der Waals surface area contributed by atoms with Crippen LogP contribution >= 0.6 is 0 Å². The van der Waals surface area contributed by atoms with Crippen LogP contribution in [0.15, 0.2) is 18.3 Å². The third-order valence-corrected chi connectivity index (χ3v) is 2.81. The van der Waals surface area contributed by atoms with Crippen LogP contribution in [0.5, 0.6) is 0 Å². The zero-order valence-electron chi connectivity index (χ0n) is 8.53. The third kappa shape index (κ3) is 2.04. The molecule has 1 aromatic rings. The SMILES string of the molecule is Cc1ccc(N[C@H]2CCC[C@@H]2N)nc1. The summed E-state index contributed by atoms with van der Waals surface area (Å²) in [6, 6.07) is 4.78. The van der Waals surface area contributed by atoms with Crippen LogP contribution < -0.4 is 11.1 Å². The van der Waals surface area contributed by atoms with Gasteiger partial charge < -0.3 is 11.1 Å². The highest BCUT2D eigenvalue weighted by molar-refractivity contribution is 5.37. The van der Waals surface area contributed by atoms with Gasteiger partial charge in [0.1, 0.15) is 5.82 Å². The topological polar surface area (TPSA) is 50.9 Å². The Morgan fingerprint density at radius 3 is 2.86 bits per heavy atom. The monoisotopic (exact) mass is 191 g/mol. The summed E-state index contributed by atoms with van der Waals surface area (Å²) in [7, 11) is 0. The first-order valence-corrected chi connectivity index (χ1v) is 5.20. The number of pyridine rings is 1. The van der Waals surface area contributed by atoms with Crippen molar-refractivity contribution in [1.82, 2.24) is 4.98 Å². The lowest BCUT2D eigenvalue weighted by atomic mass is 10.2. The Balaban J connectivity index is 2.00. The van der Waals surface area contributed by atoms with Crippen molar-refractivity contribution in [3.63, 3.8) is 0 Å². The summed E-state index contributed by atoms with van der Waals surface area (Å²) in [6.07, 6.45) is 5.40. The van der Waals surface area contributed by atoms with E-state index in [9.17, 15) is 0 Å². The Morgan fingerprint density at radius 1 is 1.43 bits per heavy atom. The molecule has 3 N–H and O–H groups in total. The highest BCUT2D eigenvalue weighted by Gasteiger charge is 2.23. The molecular weight excluding hydrogens is 174 g/mol. The average molecular weight is 191 g/mol. The summed E-state index contributed by atoms with van der Waals surface area (Å²) in [5, 5.41) is 3.38. The predicted molar refractivity (Wildman–Crippen MR) is 58.2 cm³/mol. The number of aromatic nitrogens is 1. The molecule has 1 aliphatic carbocycles. The summed E-state index contributed by atoms with van der Waals surface area (Å²) in [6.45, 7) is 2.04. The summed E-state index contributed by atoms with van der Waals surface area (Å²) >= 11 is 0. The lowest BCUT2D eigenvalue weighted by Gasteiger charge is -2.17. The van der Waals surface area contributed by atoms with Gasteiger partial charge in [0.2, 0.25) is 0 Å². The van der Waals surface area contributed by atoms with E-state index >= 15 is 0 Å². The second-order valence-corrected chi connectivity index (χ2v) is 4.07. The van der Waals surface area contributed by atoms with Crippen LogP contribution in [0.2, 0.25) is 0 Å². The Kier molecular flexibility index (Phi) is 2.68. The number of nitrogens with two attached hydrogens (primary N) is 1. The highest BCUT2D eigenvalue weighted by Crippen LogP contribution is 2.20. The first-order valence-electron chi connectivity index (χ1n) is 5.20. The minimum Gasteiger partial charge on any atom is -0.366 e. The van der Waals surface area contributed by atoms with Gasteiger partial charge in [0.05, 0.1) is 0 Å². The molecule has 1 aliphatic rings. The van der Waals surface area contributed by atoms with E-state index in [0.29, 0.717) is 6.04 Å². The fraction of sp³-hybridized carbons (Fsp3) is 0.545. The standard InChI is InChI=1S/C11H17N3/c1-8-5-6-11(13-7-8)14-10-4-2-3-9(10)12/h5-7,9-10H,2-4,12H2,1H3,(H,13,14)/t9-,10-/m0/s1. The average Bonchev–Trinajstić information content (AvgIpc) is 2.56. The molecule has 3 heteroatoms. The van der Waals surface area contributed by atoms with Crippen LogP contribution in [0.25, 0.3) is 0 Å². The van der Waals surface area contributed by atoms with Crippen LogP contribution in [0.4, 0.5) is 5.82 Å². The molecule has 0 radical (unpaired) electrons. The normalized spacial score (nSPS) is 26.4. The van der Waals surface area contributed by atoms with Gasteiger partial charge >= 0.3 is 0 Å². The Morgan fingerprint density at radius 2 is 2.29 bits per heavy atom. The van der Waals surface area contributed by atoms with Crippen molar-refractivity contribution in [3.8, 4) is 0 Å². The number of hydrogen-bond acceptors (Lipinski definition) is 3. The quantitative estimate of drug-likeness (QED) is 0.747. The lowest BCUT2D eigenvalue weighted by molar-refractivity contribution is 0.635. The van der Waals surface area contributed by atoms with Gasteiger partial charge in [-0.25, -0.2) is 4.98 Å². The minimum atomic E-state index is 0.290. The Bertz CT molecular complexity index is 294. The fourth-order valence-electron chi connectivity index (χ4n) is 1.91. The molecule has 1 saturated carbocycles. The smallest absolute Gasteiger partial charge is 0.126 e. The van der Waals surface area contributed by atoms with Gasteiger partial charge in [-0.15, -0.1) is 0 Å². The summed E-state index contributed by atoms with van der Waals surface area (Å²) in [5.41, 5.74) is 7.15. The van der Waals surface area contributed by atoms with Crippen molar-refractivity contribution >= 4 is 5.82 Å². The molecule has 0 saturated heterocycles. The molecule has 0 spiro atoms. The zero-order chi connectivity index (χ0) is 9.97. The molecule has 1 aromatic heterocycles. The van der Waals surface area contributed by atoms with E-state index in [-0.39, 0.29) is 6.04 Å². The lowest BCUT2D eigenvalue weighted by Crippen LogP contribution is -2.35. The van der Waals surface area contributed by atoms with Crippen molar-refractivity contribution in [2.45, 2.75) is 38.3 Å². The van der Waals surface area contributed by atoms with Gasteiger partial charge in [-0.2, -0.15) is 0 Å². The van der Waals surface area contributed by atoms with Crippen LogP contribution in [-0.4, -0.2) is 17.1 Å². The van der Waals surface area contributed by atoms with E-state index < -0.39 is 0 Å². The van der Waals surface area contributed by atoms with E-state index in [1.807, 2.05) is 19.2 Å². The molecule has 0 bridgehead atoms. The molecule has 2 atom stereocenters. The van der Waals surface area contributed by atoms with Crippen LogP contribution in [0.1, 0.15) is 24.8 Å². The van der Waals surface area contributed by atoms with Crippen molar-refractivity contribution in [2.75, 3.05) is 5.32 Å². The molecule has 1 heterocycles. The van der Waals surface area contributed by atoms with E-state index in [0.717, 1.165) is 18.7 Å². The largest absolute Gasteiger partial charge is 0.366 e. The first-order chi connectivity index (χ1) is 6.75. The van der Waals surface area contributed by atoms with Crippen LogP contribution in [0, 0.1) is 6.92 Å². The Labute approximate surface area is 84.7 Å². The molecule has 0 unspecified atom stereocenters. The van der Waals surface area contributed by atoms with Gasteiger partial charge in [0.25, 0.3) is 0 Å². The number of nitrogens with zero attached hydrogens (tertiary/aromatic N) is 1. The molecule has 2 rings (SSSR count). The zero-order valence-corrected chi connectivity index (χ0v) is 8.53. The molecule has 3 nitrogen and oxygen atoms in total. The van der Waals surface area contributed by atoms with E-state index in [1.54, 1.807) is 0 Å². The van der Waals surface area contributed by atoms with Gasteiger partial charge in [-0.05, 0) is 37.8 Å². The third-order valence-electron chi connectivity index (χ3n) is 2.81. The van der Waals surface area contributed by atoms with E-state index in [1.165, 1.54) is 12.0 Å². The maximum absolute atomic E-state index is 5.97. The van der Waals surface area contributed by atoms with Crippen LogP contribution in [-0.2, 0) is 0 Å². The summed E-state index contributed by atoms with van der Waals surface area (Å²) in [4.78, 5) is 4.31. The first kappa shape index (κ1) is 9.46. The molecule has 0 aliphatic heterocycles. The highest BCUT2D eigenvalue weighted by atomic mass is 15.0. The number of hydrogen-bond donors (Lipinski definition) is 2. The number of nitrogens with one attached hydrogen (secondary N) is 1. The van der Waals surface area contributed by atoms with Crippen molar-refractivity contribution in [2.24, 2.45) is 5.73 Å². The summed E-state index contributed by atoms with van der Waals surface area (Å²) < 4.78 is 0. The molecule has 14 heavy (non-hydrogen) atoms. The molecule has 1 fully saturated rings. The molecule has 0 amide bonds. The van der Waals surface area contributed by atoms with Gasteiger partial charge in [0.15, 0.2) is 0 Å². The number of aryl methyl sites for hydroxylation is 1. The number of rotatable bonds is 2.